The van der Waals surface area contributed by atoms with Gasteiger partial charge in [0.15, 0.2) is 0 Å². The first-order valence-corrected chi connectivity index (χ1v) is 9.70. The van der Waals surface area contributed by atoms with E-state index >= 15 is 0 Å². The summed E-state index contributed by atoms with van der Waals surface area (Å²) in [6, 6.07) is 14.2. The number of nitrogens with one attached hydrogen (secondary N) is 1. The first-order valence-electron chi connectivity index (χ1n) is 9.70. The molecule has 2 aromatic carbocycles. The molecule has 28 heavy (non-hydrogen) atoms. The van der Waals surface area contributed by atoms with Gasteiger partial charge in [-0.2, -0.15) is 0 Å². The highest BCUT2D eigenvalue weighted by atomic mass is 16.7. The van der Waals surface area contributed by atoms with E-state index in [1.807, 2.05) is 24.3 Å². The first-order chi connectivity index (χ1) is 13.6. The largest absolute Gasteiger partial charge is 0.496 e. The molecule has 1 aliphatic rings. The molecule has 0 radical (unpaired) electrons. The van der Waals surface area contributed by atoms with E-state index in [0.29, 0.717) is 13.0 Å². The number of fused-ring (bicyclic) bond motifs is 3. The molecular weight excluding hydrogens is 354 g/mol. The van der Waals surface area contributed by atoms with Crippen molar-refractivity contribution in [2.24, 2.45) is 0 Å². The summed E-state index contributed by atoms with van der Waals surface area (Å²) in [6.07, 6.45) is 2.20. The zero-order valence-electron chi connectivity index (χ0n) is 16.5. The van der Waals surface area contributed by atoms with E-state index in [-0.39, 0.29) is 5.97 Å². The van der Waals surface area contributed by atoms with Crippen molar-refractivity contribution in [3.8, 4) is 16.9 Å². The third kappa shape index (κ3) is 2.96. The van der Waals surface area contributed by atoms with Gasteiger partial charge in [0.2, 0.25) is 0 Å². The van der Waals surface area contributed by atoms with Gasteiger partial charge in [-0.1, -0.05) is 37.3 Å². The maximum Gasteiger partial charge on any atom is 0.305 e. The lowest BCUT2D eigenvalue weighted by molar-refractivity contribution is -0.247. The summed E-state index contributed by atoms with van der Waals surface area (Å²) < 4.78 is 17.4. The predicted octanol–water partition coefficient (Wildman–Crippen LogP) is 4.93. The smallest absolute Gasteiger partial charge is 0.305 e. The summed E-state index contributed by atoms with van der Waals surface area (Å²) >= 11 is 0. The van der Waals surface area contributed by atoms with Crippen LogP contribution in [0.5, 0.6) is 5.75 Å². The van der Waals surface area contributed by atoms with Crippen molar-refractivity contribution < 1.29 is 19.0 Å². The Bertz CT molecular complexity index is 1020. The summed E-state index contributed by atoms with van der Waals surface area (Å²) in [6.45, 7) is 4.00. The van der Waals surface area contributed by atoms with Crippen molar-refractivity contribution in [2.75, 3.05) is 13.7 Å². The highest BCUT2D eigenvalue weighted by Gasteiger charge is 2.43. The number of esters is 1. The molecule has 0 saturated carbocycles. The summed E-state index contributed by atoms with van der Waals surface area (Å²) in [7, 11) is 1.69. The lowest BCUT2D eigenvalue weighted by Gasteiger charge is -2.36. The van der Waals surface area contributed by atoms with Crippen LogP contribution in [0.25, 0.3) is 22.0 Å². The number of rotatable bonds is 5. The summed E-state index contributed by atoms with van der Waals surface area (Å²) in [5.74, 6) is -0.563. The third-order valence-corrected chi connectivity index (χ3v) is 5.28. The molecule has 1 atom stereocenters. The molecule has 0 bridgehead atoms. The van der Waals surface area contributed by atoms with Gasteiger partial charge in [0.05, 0.1) is 19.4 Å². The summed E-state index contributed by atoms with van der Waals surface area (Å²) in [5.41, 5.74) is 5.15. The zero-order valence-corrected chi connectivity index (χ0v) is 16.5. The molecule has 146 valence electrons. The molecular formula is C23H25NO4. The van der Waals surface area contributed by atoms with Crippen LogP contribution in [-0.2, 0) is 26.5 Å². The number of carbonyl (C=O) groups excluding carboxylic acids is 1. The molecule has 1 aromatic heterocycles. The van der Waals surface area contributed by atoms with Crippen LogP contribution < -0.4 is 4.74 Å². The molecule has 0 amide bonds. The van der Waals surface area contributed by atoms with E-state index in [2.05, 4.69) is 30.1 Å². The normalized spacial score (nSPS) is 18.7. The number of ether oxygens (including phenoxy) is 3. The molecule has 2 heterocycles. The fourth-order valence-electron chi connectivity index (χ4n) is 4.26. The minimum absolute atomic E-state index is 0.343. The Labute approximate surface area is 164 Å². The number of para-hydroxylation sites is 1. The lowest BCUT2D eigenvalue weighted by atomic mass is 9.92. The van der Waals surface area contributed by atoms with Crippen LogP contribution in [0.2, 0.25) is 0 Å². The highest BCUT2D eigenvalue weighted by Crippen LogP contribution is 2.44. The minimum Gasteiger partial charge on any atom is -0.496 e. The van der Waals surface area contributed by atoms with Gasteiger partial charge in [0.1, 0.15) is 5.75 Å². The number of hydrogen-bond donors (Lipinski definition) is 1. The van der Waals surface area contributed by atoms with Gasteiger partial charge in [-0.15, -0.1) is 0 Å². The van der Waals surface area contributed by atoms with Gasteiger partial charge in [-0.05, 0) is 36.1 Å². The van der Waals surface area contributed by atoms with E-state index in [4.69, 9.17) is 14.2 Å². The fourth-order valence-corrected chi connectivity index (χ4v) is 4.26. The van der Waals surface area contributed by atoms with Crippen LogP contribution in [0.4, 0.5) is 0 Å². The Morgan fingerprint density at radius 1 is 1.18 bits per heavy atom. The van der Waals surface area contributed by atoms with Crippen molar-refractivity contribution in [2.45, 2.75) is 38.9 Å². The van der Waals surface area contributed by atoms with E-state index in [0.717, 1.165) is 51.9 Å². The number of methoxy groups -OCH3 is 1. The standard InChI is InChI=1S/C23H25NO4/c1-4-13-23(28-15(2)25)22-18(12-14-27-23)21-17(9-7-10-19(21)24-22)16-8-5-6-11-20(16)26-3/h5-11,24H,4,12-14H2,1-3H3. The van der Waals surface area contributed by atoms with Gasteiger partial charge in [0.25, 0.3) is 5.79 Å². The van der Waals surface area contributed by atoms with Crippen LogP contribution in [0.1, 0.15) is 37.9 Å². The Hall–Kier alpha value is -2.79. The molecule has 3 aromatic rings. The summed E-state index contributed by atoms with van der Waals surface area (Å²) in [5, 5.41) is 1.14. The second-order valence-corrected chi connectivity index (χ2v) is 7.10. The maximum atomic E-state index is 11.9. The van der Waals surface area contributed by atoms with Gasteiger partial charge in [-0.25, -0.2) is 0 Å². The molecule has 1 N–H and O–H groups in total. The van der Waals surface area contributed by atoms with E-state index < -0.39 is 5.79 Å². The number of H-pyrrole nitrogens is 1. The third-order valence-electron chi connectivity index (χ3n) is 5.28. The Balaban J connectivity index is 1.97. The van der Waals surface area contributed by atoms with Crippen LogP contribution in [0.15, 0.2) is 42.5 Å². The van der Waals surface area contributed by atoms with Crippen LogP contribution >= 0.6 is 0 Å². The second kappa shape index (κ2) is 7.32. The number of hydrogen-bond acceptors (Lipinski definition) is 4. The fraction of sp³-hybridized carbons (Fsp3) is 0.348. The average molecular weight is 379 g/mol. The molecule has 0 spiro atoms. The van der Waals surface area contributed by atoms with Gasteiger partial charge in [0, 0.05) is 29.8 Å². The first kappa shape index (κ1) is 18.6. The van der Waals surface area contributed by atoms with Gasteiger partial charge >= 0.3 is 5.97 Å². The van der Waals surface area contributed by atoms with Gasteiger partial charge < -0.3 is 19.2 Å². The maximum absolute atomic E-state index is 11.9. The molecule has 0 saturated heterocycles. The number of carbonyl (C=O) groups is 1. The van der Waals surface area contributed by atoms with Crippen molar-refractivity contribution in [3.05, 3.63) is 53.7 Å². The lowest BCUT2D eigenvalue weighted by Crippen LogP contribution is -2.39. The monoisotopic (exact) mass is 379 g/mol. The Morgan fingerprint density at radius 3 is 2.71 bits per heavy atom. The Kier molecular flexibility index (Phi) is 4.85. The zero-order chi connectivity index (χ0) is 19.7. The van der Waals surface area contributed by atoms with Crippen LogP contribution in [0.3, 0.4) is 0 Å². The minimum atomic E-state index is -1.05. The Morgan fingerprint density at radius 2 is 1.96 bits per heavy atom. The quantitative estimate of drug-likeness (QED) is 0.639. The molecule has 5 nitrogen and oxygen atoms in total. The number of aromatic nitrogens is 1. The van der Waals surface area contributed by atoms with Crippen molar-refractivity contribution in [1.29, 1.82) is 0 Å². The van der Waals surface area contributed by atoms with E-state index in [9.17, 15) is 4.79 Å². The molecule has 1 unspecified atom stereocenters. The van der Waals surface area contributed by atoms with E-state index in [1.165, 1.54) is 6.92 Å². The molecule has 5 heteroatoms. The predicted molar refractivity (Wildman–Crippen MR) is 108 cm³/mol. The van der Waals surface area contributed by atoms with E-state index in [1.54, 1.807) is 7.11 Å². The second-order valence-electron chi connectivity index (χ2n) is 7.10. The molecule has 4 rings (SSSR count). The molecule has 0 aliphatic carbocycles. The summed E-state index contributed by atoms with van der Waals surface area (Å²) in [4.78, 5) is 15.4. The molecule has 1 aliphatic heterocycles. The van der Waals surface area contributed by atoms with Gasteiger partial charge in [-0.3, -0.25) is 4.79 Å². The topological polar surface area (TPSA) is 60.5 Å². The number of benzene rings is 2. The van der Waals surface area contributed by atoms with Crippen molar-refractivity contribution >= 4 is 16.9 Å². The average Bonchev–Trinajstić information content (AvgIpc) is 3.08. The number of aromatic amines is 1. The van der Waals surface area contributed by atoms with Crippen molar-refractivity contribution in [3.63, 3.8) is 0 Å². The SMILES string of the molecule is CCCC1(OC(C)=O)OCCc2c1[nH]c1cccc(-c3ccccc3OC)c21. The molecule has 0 fully saturated rings. The highest BCUT2D eigenvalue weighted by molar-refractivity contribution is 6.00. The van der Waals surface area contributed by atoms with Crippen LogP contribution in [-0.4, -0.2) is 24.7 Å². The van der Waals surface area contributed by atoms with Crippen molar-refractivity contribution in [1.82, 2.24) is 4.98 Å². The van der Waals surface area contributed by atoms with Crippen LogP contribution in [0, 0.1) is 0 Å².